The molecule has 2 aliphatic rings. The van der Waals surface area contributed by atoms with Crippen molar-refractivity contribution in [3.05, 3.63) is 35.9 Å². The van der Waals surface area contributed by atoms with E-state index in [0.29, 0.717) is 6.42 Å². The van der Waals surface area contributed by atoms with Crippen molar-refractivity contribution < 1.29 is 19.1 Å². The molecule has 7 heteroatoms. The number of hydrogen-bond donors (Lipinski definition) is 2. The van der Waals surface area contributed by atoms with Crippen molar-refractivity contribution in [3.8, 4) is 0 Å². The van der Waals surface area contributed by atoms with Crippen molar-refractivity contribution in [1.82, 2.24) is 15.5 Å². The molecule has 3 atom stereocenters. The van der Waals surface area contributed by atoms with Crippen LogP contribution in [-0.4, -0.2) is 46.5 Å². The summed E-state index contributed by atoms with van der Waals surface area (Å²) in [6.45, 7) is 9.33. The maximum absolute atomic E-state index is 14.1. The molecule has 0 saturated heterocycles. The predicted molar refractivity (Wildman–Crippen MR) is 137 cm³/mol. The minimum atomic E-state index is -0.774. The third-order valence-electron chi connectivity index (χ3n) is 6.94. The average Bonchev–Trinajstić information content (AvgIpc) is 3.65. The van der Waals surface area contributed by atoms with Gasteiger partial charge in [0.05, 0.1) is 0 Å². The second-order valence-electron chi connectivity index (χ2n) is 11.1. The van der Waals surface area contributed by atoms with Crippen LogP contribution in [0.2, 0.25) is 0 Å². The molecule has 0 aromatic heterocycles. The molecule has 2 aliphatic carbocycles. The van der Waals surface area contributed by atoms with Gasteiger partial charge in [0, 0.05) is 12.1 Å². The number of nitrogens with zero attached hydrogens (tertiary/aromatic N) is 1. The topological polar surface area (TPSA) is 87.7 Å². The quantitative estimate of drug-likeness (QED) is 0.509. The Hall–Kier alpha value is -2.57. The van der Waals surface area contributed by atoms with Crippen LogP contribution >= 0.6 is 0 Å². The van der Waals surface area contributed by atoms with Crippen LogP contribution in [0.5, 0.6) is 0 Å². The molecule has 1 aromatic carbocycles. The number of benzene rings is 1. The SMILES string of the molecule is CCC(C)C(NC(=O)OC(C)(C)C)C(=O)N(C1CC1)C(C(=O)NC1CCCCC1)c1ccccc1. The van der Waals surface area contributed by atoms with E-state index in [0.717, 1.165) is 44.1 Å². The molecule has 35 heavy (non-hydrogen) atoms. The van der Waals surface area contributed by atoms with Crippen molar-refractivity contribution in [2.75, 3.05) is 0 Å². The van der Waals surface area contributed by atoms with Gasteiger partial charge >= 0.3 is 6.09 Å². The number of carbonyl (C=O) groups excluding carboxylic acids is 3. The Kier molecular flexibility index (Phi) is 9.20. The van der Waals surface area contributed by atoms with Crippen LogP contribution in [-0.2, 0) is 14.3 Å². The van der Waals surface area contributed by atoms with Gasteiger partial charge in [-0.3, -0.25) is 9.59 Å². The van der Waals surface area contributed by atoms with Crippen LogP contribution in [0.3, 0.4) is 0 Å². The van der Waals surface area contributed by atoms with Gasteiger partial charge in [0.2, 0.25) is 11.8 Å². The highest BCUT2D eigenvalue weighted by atomic mass is 16.6. The van der Waals surface area contributed by atoms with Crippen LogP contribution in [0.1, 0.15) is 97.6 Å². The smallest absolute Gasteiger partial charge is 0.408 e. The molecule has 2 N–H and O–H groups in total. The normalized spacial score (nSPS) is 19.2. The minimum absolute atomic E-state index is 0.0168. The zero-order chi connectivity index (χ0) is 25.6. The number of ether oxygens (including phenoxy) is 1. The number of alkyl carbamates (subject to hydrolysis) is 1. The van der Waals surface area contributed by atoms with Gasteiger partial charge in [0.15, 0.2) is 0 Å². The molecule has 3 rings (SSSR count). The molecule has 0 heterocycles. The van der Waals surface area contributed by atoms with Crippen molar-refractivity contribution in [2.24, 2.45) is 5.92 Å². The summed E-state index contributed by atoms with van der Waals surface area (Å²) in [6, 6.07) is 8.15. The first-order chi connectivity index (χ1) is 16.6. The Labute approximate surface area is 210 Å². The summed E-state index contributed by atoms with van der Waals surface area (Å²) in [7, 11) is 0. The van der Waals surface area contributed by atoms with E-state index in [2.05, 4.69) is 10.6 Å². The lowest BCUT2D eigenvalue weighted by atomic mass is 9.93. The summed E-state index contributed by atoms with van der Waals surface area (Å²) in [4.78, 5) is 42.3. The summed E-state index contributed by atoms with van der Waals surface area (Å²) in [5.74, 6) is -0.474. The summed E-state index contributed by atoms with van der Waals surface area (Å²) in [6.07, 6.45) is 7.17. The molecule has 1 aromatic rings. The zero-order valence-corrected chi connectivity index (χ0v) is 22.0. The maximum atomic E-state index is 14.1. The van der Waals surface area contributed by atoms with E-state index in [9.17, 15) is 14.4 Å². The summed E-state index contributed by atoms with van der Waals surface area (Å²) >= 11 is 0. The molecule has 0 aliphatic heterocycles. The molecule has 2 fully saturated rings. The standard InChI is InChI=1S/C28H43N3O4/c1-6-19(2)23(30-27(34)35-28(3,4)5)26(33)31(22-17-18-22)24(20-13-9-7-10-14-20)25(32)29-21-15-11-8-12-16-21/h7,9-10,13-14,19,21-24H,6,8,11-12,15-18H2,1-5H3,(H,29,32)(H,30,34). The Morgan fingerprint density at radius 2 is 1.66 bits per heavy atom. The Morgan fingerprint density at radius 1 is 1.03 bits per heavy atom. The second kappa shape index (κ2) is 11.9. The third-order valence-corrected chi connectivity index (χ3v) is 6.94. The molecule has 0 spiro atoms. The Morgan fingerprint density at radius 3 is 2.20 bits per heavy atom. The molecule has 0 bridgehead atoms. The molecule has 2 saturated carbocycles. The number of hydrogen-bond acceptors (Lipinski definition) is 4. The van der Waals surface area contributed by atoms with Gasteiger partial charge in [0.1, 0.15) is 17.7 Å². The van der Waals surface area contributed by atoms with Crippen LogP contribution in [0.25, 0.3) is 0 Å². The van der Waals surface area contributed by atoms with Gasteiger partial charge in [-0.25, -0.2) is 4.79 Å². The van der Waals surface area contributed by atoms with Gasteiger partial charge in [0.25, 0.3) is 0 Å². The average molecular weight is 486 g/mol. The third kappa shape index (κ3) is 7.71. The lowest BCUT2D eigenvalue weighted by Gasteiger charge is -2.37. The van der Waals surface area contributed by atoms with Gasteiger partial charge in [-0.05, 0) is 57.9 Å². The van der Waals surface area contributed by atoms with Crippen LogP contribution < -0.4 is 10.6 Å². The first kappa shape index (κ1) is 27.0. The van der Waals surface area contributed by atoms with E-state index in [1.807, 2.05) is 44.2 Å². The monoisotopic (exact) mass is 485 g/mol. The number of carbonyl (C=O) groups is 3. The summed E-state index contributed by atoms with van der Waals surface area (Å²) in [5.41, 5.74) is 0.122. The van der Waals surface area contributed by atoms with Crippen molar-refractivity contribution in [3.63, 3.8) is 0 Å². The summed E-state index contributed by atoms with van der Waals surface area (Å²) < 4.78 is 5.46. The van der Waals surface area contributed by atoms with Gasteiger partial charge in [-0.1, -0.05) is 69.9 Å². The highest BCUT2D eigenvalue weighted by Gasteiger charge is 2.45. The zero-order valence-electron chi connectivity index (χ0n) is 22.0. The summed E-state index contributed by atoms with van der Waals surface area (Å²) in [5, 5.41) is 6.07. The van der Waals surface area contributed by atoms with E-state index in [1.54, 1.807) is 25.7 Å². The van der Waals surface area contributed by atoms with E-state index in [-0.39, 0.29) is 29.8 Å². The minimum Gasteiger partial charge on any atom is -0.444 e. The Bertz CT molecular complexity index is 857. The predicted octanol–water partition coefficient (Wildman–Crippen LogP) is 5.11. The van der Waals surface area contributed by atoms with E-state index < -0.39 is 23.8 Å². The van der Waals surface area contributed by atoms with Crippen molar-refractivity contribution in [2.45, 2.75) is 116 Å². The van der Waals surface area contributed by atoms with E-state index >= 15 is 0 Å². The highest BCUT2D eigenvalue weighted by molar-refractivity contribution is 5.92. The molecular weight excluding hydrogens is 442 g/mol. The largest absolute Gasteiger partial charge is 0.444 e. The van der Waals surface area contributed by atoms with Crippen molar-refractivity contribution >= 4 is 17.9 Å². The van der Waals surface area contributed by atoms with Crippen molar-refractivity contribution in [1.29, 1.82) is 0 Å². The lowest BCUT2D eigenvalue weighted by molar-refractivity contribution is -0.144. The van der Waals surface area contributed by atoms with Crippen LogP contribution in [0, 0.1) is 5.92 Å². The van der Waals surface area contributed by atoms with E-state index in [1.165, 1.54) is 6.42 Å². The van der Waals surface area contributed by atoms with E-state index in [4.69, 9.17) is 4.74 Å². The van der Waals surface area contributed by atoms with Crippen LogP contribution in [0.15, 0.2) is 30.3 Å². The first-order valence-corrected chi connectivity index (χ1v) is 13.3. The highest BCUT2D eigenvalue weighted by Crippen LogP contribution is 2.36. The van der Waals surface area contributed by atoms with Gasteiger partial charge in [-0.2, -0.15) is 0 Å². The Balaban J connectivity index is 1.90. The lowest BCUT2D eigenvalue weighted by Crippen LogP contribution is -2.56. The molecule has 7 nitrogen and oxygen atoms in total. The fourth-order valence-electron chi connectivity index (χ4n) is 4.75. The van der Waals surface area contributed by atoms with Crippen LogP contribution in [0.4, 0.5) is 4.79 Å². The molecule has 3 amide bonds. The van der Waals surface area contributed by atoms with Gasteiger partial charge in [-0.15, -0.1) is 0 Å². The number of nitrogens with one attached hydrogen (secondary N) is 2. The number of amides is 3. The number of rotatable bonds is 9. The molecule has 194 valence electrons. The van der Waals surface area contributed by atoms with Gasteiger partial charge < -0.3 is 20.3 Å². The second-order valence-corrected chi connectivity index (χ2v) is 11.1. The fraction of sp³-hybridized carbons (Fsp3) is 0.679. The molecule has 0 radical (unpaired) electrons. The maximum Gasteiger partial charge on any atom is 0.408 e. The first-order valence-electron chi connectivity index (χ1n) is 13.3. The molecule has 3 unspecified atom stereocenters. The fourth-order valence-corrected chi connectivity index (χ4v) is 4.75. The molecular formula is C28H43N3O4.